The van der Waals surface area contributed by atoms with Gasteiger partial charge in [0, 0.05) is 6.04 Å². The number of rotatable bonds is 5. The van der Waals surface area contributed by atoms with Crippen LogP contribution in [0.15, 0.2) is 18.2 Å². The van der Waals surface area contributed by atoms with E-state index in [-0.39, 0.29) is 24.5 Å². The molecule has 0 spiro atoms. The van der Waals surface area contributed by atoms with Crippen molar-refractivity contribution in [3.8, 4) is 5.75 Å². The zero-order valence-corrected chi connectivity index (χ0v) is 12.4. The Labute approximate surface area is 124 Å². The zero-order valence-electron chi connectivity index (χ0n) is 12.4. The molecule has 0 aromatic heterocycles. The molecule has 21 heavy (non-hydrogen) atoms. The fourth-order valence-corrected chi connectivity index (χ4v) is 2.61. The van der Waals surface area contributed by atoms with Crippen LogP contribution in [0.1, 0.15) is 30.4 Å². The van der Waals surface area contributed by atoms with Gasteiger partial charge in [0.2, 0.25) is 0 Å². The summed E-state index contributed by atoms with van der Waals surface area (Å²) in [5, 5.41) is 11.8. The lowest BCUT2D eigenvalue weighted by molar-refractivity contribution is -0.141. The van der Waals surface area contributed by atoms with Crippen LogP contribution in [-0.2, 0) is 9.59 Å². The number of nitrogens with one attached hydrogen (secondary N) is 1. The molecule has 0 radical (unpaired) electrons. The van der Waals surface area contributed by atoms with Gasteiger partial charge in [0.15, 0.2) is 6.61 Å². The Morgan fingerprint density at radius 2 is 2.10 bits per heavy atom. The van der Waals surface area contributed by atoms with E-state index in [1.54, 1.807) is 0 Å². The average Bonchev–Trinajstić information content (AvgIpc) is 2.88. The van der Waals surface area contributed by atoms with Crippen molar-refractivity contribution in [2.45, 2.75) is 39.2 Å². The minimum absolute atomic E-state index is 0.0431. The highest BCUT2D eigenvalue weighted by Gasteiger charge is 2.30. The second-order valence-electron chi connectivity index (χ2n) is 5.67. The van der Waals surface area contributed by atoms with Gasteiger partial charge in [-0.2, -0.15) is 0 Å². The second-order valence-corrected chi connectivity index (χ2v) is 5.67. The molecule has 1 fully saturated rings. The van der Waals surface area contributed by atoms with Crippen molar-refractivity contribution in [1.29, 1.82) is 0 Å². The number of carbonyl (C=O) groups is 2. The lowest BCUT2D eigenvalue weighted by Crippen LogP contribution is -2.36. The smallest absolute Gasteiger partial charge is 0.306 e. The summed E-state index contributed by atoms with van der Waals surface area (Å²) < 4.78 is 5.54. The summed E-state index contributed by atoms with van der Waals surface area (Å²) in [6.45, 7) is 3.86. The summed E-state index contributed by atoms with van der Waals surface area (Å²) in [5.74, 6) is -0.611. The first kappa shape index (κ1) is 15.4. The summed E-state index contributed by atoms with van der Waals surface area (Å²) in [4.78, 5) is 22.7. The lowest BCUT2D eigenvalue weighted by Gasteiger charge is -2.14. The van der Waals surface area contributed by atoms with Crippen molar-refractivity contribution >= 4 is 11.9 Å². The number of carboxylic acid groups (broad SMARTS) is 1. The van der Waals surface area contributed by atoms with Gasteiger partial charge in [-0.25, -0.2) is 0 Å². The maximum absolute atomic E-state index is 11.9. The van der Waals surface area contributed by atoms with Crippen LogP contribution in [0.2, 0.25) is 0 Å². The SMILES string of the molecule is Cc1ccc(C)c(OCC(=O)N[C@H]2CC[C@@H](C(=O)O)C2)c1. The van der Waals surface area contributed by atoms with Gasteiger partial charge in [0.25, 0.3) is 5.91 Å². The second kappa shape index (κ2) is 6.61. The van der Waals surface area contributed by atoms with Gasteiger partial charge < -0.3 is 15.2 Å². The Morgan fingerprint density at radius 3 is 2.76 bits per heavy atom. The molecule has 0 bridgehead atoms. The summed E-state index contributed by atoms with van der Waals surface area (Å²) in [5.41, 5.74) is 2.07. The summed E-state index contributed by atoms with van der Waals surface area (Å²) in [7, 11) is 0. The Balaban J connectivity index is 1.80. The molecule has 1 amide bonds. The van der Waals surface area contributed by atoms with E-state index >= 15 is 0 Å². The number of ether oxygens (including phenoxy) is 1. The van der Waals surface area contributed by atoms with Crippen molar-refractivity contribution in [2.75, 3.05) is 6.61 Å². The first-order chi connectivity index (χ1) is 9.95. The third-order valence-corrected chi connectivity index (χ3v) is 3.85. The van der Waals surface area contributed by atoms with Crippen LogP contribution in [0.4, 0.5) is 0 Å². The fraction of sp³-hybridized carbons (Fsp3) is 0.500. The molecule has 0 heterocycles. The van der Waals surface area contributed by atoms with Gasteiger partial charge in [-0.1, -0.05) is 12.1 Å². The molecule has 0 aliphatic heterocycles. The predicted octanol–water partition coefficient (Wildman–Crippen LogP) is 2.05. The first-order valence-corrected chi connectivity index (χ1v) is 7.18. The Kier molecular flexibility index (Phi) is 4.83. The van der Waals surface area contributed by atoms with E-state index < -0.39 is 5.97 Å². The Hall–Kier alpha value is -2.04. The van der Waals surface area contributed by atoms with E-state index in [0.29, 0.717) is 25.0 Å². The highest BCUT2D eigenvalue weighted by Crippen LogP contribution is 2.25. The maximum Gasteiger partial charge on any atom is 0.306 e. The van der Waals surface area contributed by atoms with E-state index in [9.17, 15) is 9.59 Å². The largest absolute Gasteiger partial charge is 0.483 e. The van der Waals surface area contributed by atoms with Crippen LogP contribution < -0.4 is 10.1 Å². The third-order valence-electron chi connectivity index (χ3n) is 3.85. The van der Waals surface area contributed by atoms with E-state index in [4.69, 9.17) is 9.84 Å². The highest BCUT2D eigenvalue weighted by atomic mass is 16.5. The van der Waals surface area contributed by atoms with E-state index in [2.05, 4.69) is 5.32 Å². The van der Waals surface area contributed by atoms with Gasteiger partial charge in [-0.3, -0.25) is 9.59 Å². The summed E-state index contributed by atoms with van der Waals surface area (Å²) in [6, 6.07) is 5.79. The number of amides is 1. The molecule has 5 heteroatoms. The molecular formula is C16H21NO4. The van der Waals surface area contributed by atoms with Gasteiger partial charge in [-0.05, 0) is 50.3 Å². The molecule has 2 rings (SSSR count). The number of benzene rings is 1. The molecule has 0 unspecified atom stereocenters. The minimum atomic E-state index is -0.779. The van der Waals surface area contributed by atoms with Gasteiger partial charge in [-0.15, -0.1) is 0 Å². The van der Waals surface area contributed by atoms with Crippen LogP contribution in [0.5, 0.6) is 5.75 Å². The van der Waals surface area contributed by atoms with Crippen molar-refractivity contribution in [2.24, 2.45) is 5.92 Å². The van der Waals surface area contributed by atoms with Crippen molar-refractivity contribution in [1.82, 2.24) is 5.32 Å². The van der Waals surface area contributed by atoms with Gasteiger partial charge in [0.1, 0.15) is 5.75 Å². The Bertz CT molecular complexity index is 541. The molecule has 1 aliphatic carbocycles. The normalized spacial score (nSPS) is 21.0. The van der Waals surface area contributed by atoms with Crippen LogP contribution in [-0.4, -0.2) is 29.6 Å². The number of hydrogen-bond donors (Lipinski definition) is 2. The number of aryl methyl sites for hydroxylation is 2. The molecule has 114 valence electrons. The zero-order chi connectivity index (χ0) is 15.4. The molecule has 2 N–H and O–H groups in total. The number of aliphatic carboxylic acids is 1. The quantitative estimate of drug-likeness (QED) is 0.870. The topological polar surface area (TPSA) is 75.6 Å². The maximum atomic E-state index is 11.9. The monoisotopic (exact) mass is 291 g/mol. The first-order valence-electron chi connectivity index (χ1n) is 7.18. The van der Waals surface area contributed by atoms with Crippen LogP contribution >= 0.6 is 0 Å². The minimum Gasteiger partial charge on any atom is -0.483 e. The number of carboxylic acids is 1. The molecule has 1 saturated carbocycles. The van der Waals surface area contributed by atoms with Crippen LogP contribution in [0.25, 0.3) is 0 Å². The standard InChI is InChI=1S/C16H21NO4/c1-10-3-4-11(2)14(7-10)21-9-15(18)17-13-6-5-12(8-13)16(19)20/h3-4,7,12-13H,5-6,8-9H2,1-2H3,(H,17,18)(H,19,20)/t12-,13+/m1/s1. The molecule has 0 saturated heterocycles. The highest BCUT2D eigenvalue weighted by molar-refractivity contribution is 5.78. The van der Waals surface area contributed by atoms with Gasteiger partial charge in [0.05, 0.1) is 5.92 Å². The third kappa shape index (κ3) is 4.21. The van der Waals surface area contributed by atoms with E-state index in [1.165, 1.54) is 0 Å². The van der Waals surface area contributed by atoms with Crippen molar-refractivity contribution in [3.05, 3.63) is 29.3 Å². The lowest BCUT2D eigenvalue weighted by atomic mass is 10.1. The molecule has 1 aromatic carbocycles. The molecular weight excluding hydrogens is 270 g/mol. The summed E-state index contributed by atoms with van der Waals surface area (Å²) >= 11 is 0. The van der Waals surface area contributed by atoms with Crippen molar-refractivity contribution in [3.63, 3.8) is 0 Å². The van der Waals surface area contributed by atoms with Crippen LogP contribution in [0, 0.1) is 19.8 Å². The summed E-state index contributed by atoms with van der Waals surface area (Å²) in [6.07, 6.45) is 1.84. The molecule has 1 aliphatic rings. The molecule has 2 atom stereocenters. The average molecular weight is 291 g/mol. The fourth-order valence-electron chi connectivity index (χ4n) is 2.61. The molecule has 1 aromatic rings. The Morgan fingerprint density at radius 1 is 1.33 bits per heavy atom. The number of hydrogen-bond acceptors (Lipinski definition) is 3. The van der Waals surface area contributed by atoms with Crippen LogP contribution in [0.3, 0.4) is 0 Å². The van der Waals surface area contributed by atoms with E-state index in [1.807, 2.05) is 32.0 Å². The predicted molar refractivity (Wildman–Crippen MR) is 78.3 cm³/mol. The van der Waals surface area contributed by atoms with Crippen molar-refractivity contribution < 1.29 is 19.4 Å². The molecule has 5 nitrogen and oxygen atoms in total. The number of carbonyl (C=O) groups excluding carboxylic acids is 1. The van der Waals surface area contributed by atoms with E-state index in [0.717, 1.165) is 11.1 Å². The van der Waals surface area contributed by atoms with Gasteiger partial charge >= 0.3 is 5.97 Å².